The number of carbonyl (C=O) groups is 1. The molecule has 1 aromatic carbocycles. The van der Waals surface area contributed by atoms with Crippen LogP contribution >= 0.6 is 0 Å². The summed E-state index contributed by atoms with van der Waals surface area (Å²) in [6.07, 6.45) is 0.499. The smallest absolute Gasteiger partial charge is 0.325 e. The van der Waals surface area contributed by atoms with E-state index in [2.05, 4.69) is 5.32 Å². The van der Waals surface area contributed by atoms with E-state index in [4.69, 9.17) is 14.6 Å². The fourth-order valence-electron chi connectivity index (χ4n) is 1.92. The van der Waals surface area contributed by atoms with Crippen molar-refractivity contribution >= 4 is 5.97 Å². The first-order valence-electron chi connectivity index (χ1n) is 7.10. The third-order valence-electron chi connectivity index (χ3n) is 2.83. The quantitative estimate of drug-likeness (QED) is 0.568. The van der Waals surface area contributed by atoms with Crippen LogP contribution in [0.15, 0.2) is 18.2 Å². The van der Waals surface area contributed by atoms with E-state index >= 15 is 0 Å². The van der Waals surface area contributed by atoms with Gasteiger partial charge in [0.15, 0.2) is 11.5 Å². The molecule has 0 aliphatic carbocycles. The molecule has 21 heavy (non-hydrogen) atoms. The molecule has 3 N–H and O–H groups in total. The average molecular weight is 297 g/mol. The zero-order valence-electron chi connectivity index (χ0n) is 12.5. The van der Waals surface area contributed by atoms with Gasteiger partial charge in [0, 0.05) is 6.61 Å². The summed E-state index contributed by atoms with van der Waals surface area (Å²) in [5.41, 5.74) is 0.590. The summed E-state index contributed by atoms with van der Waals surface area (Å²) in [5, 5.41) is 21.0. The van der Waals surface area contributed by atoms with Crippen molar-refractivity contribution in [3.05, 3.63) is 23.8 Å². The zero-order chi connectivity index (χ0) is 15.7. The fourth-order valence-corrected chi connectivity index (χ4v) is 1.92. The number of nitrogens with one attached hydrogen (secondary N) is 1. The van der Waals surface area contributed by atoms with Crippen molar-refractivity contribution in [3.8, 4) is 11.5 Å². The molecule has 1 atom stereocenters. The molecule has 0 spiro atoms. The van der Waals surface area contributed by atoms with Gasteiger partial charge < -0.3 is 25.0 Å². The Morgan fingerprint density at radius 1 is 1.24 bits per heavy atom. The van der Waals surface area contributed by atoms with E-state index in [9.17, 15) is 9.90 Å². The predicted molar refractivity (Wildman–Crippen MR) is 78.9 cm³/mol. The molecule has 1 aromatic rings. The standard InChI is InChI=1S/C15H23NO5/c1-3-20-12-7-6-11(10-13(12)21-4-2)14(15(18)19)16-8-5-9-17/h6-7,10,14,16-17H,3-5,8-9H2,1-2H3,(H,18,19). The normalized spacial score (nSPS) is 12.0. The second-order valence-corrected chi connectivity index (χ2v) is 4.37. The van der Waals surface area contributed by atoms with Gasteiger partial charge in [-0.25, -0.2) is 0 Å². The molecule has 1 rings (SSSR count). The van der Waals surface area contributed by atoms with Gasteiger partial charge in [0.1, 0.15) is 6.04 Å². The number of ether oxygens (including phenoxy) is 2. The second kappa shape index (κ2) is 9.20. The Kier molecular flexibility index (Phi) is 7.56. The number of carboxylic acids is 1. The highest BCUT2D eigenvalue weighted by atomic mass is 16.5. The molecule has 0 bridgehead atoms. The van der Waals surface area contributed by atoms with E-state index in [1.165, 1.54) is 0 Å². The lowest BCUT2D eigenvalue weighted by Crippen LogP contribution is -2.29. The Hall–Kier alpha value is -1.79. The van der Waals surface area contributed by atoms with Gasteiger partial charge in [-0.2, -0.15) is 0 Å². The van der Waals surface area contributed by atoms with E-state index in [0.717, 1.165) is 0 Å². The lowest BCUT2D eigenvalue weighted by molar-refractivity contribution is -0.139. The molecule has 0 amide bonds. The van der Waals surface area contributed by atoms with Crippen LogP contribution in [-0.2, 0) is 4.79 Å². The Bertz CT molecular complexity index is 450. The van der Waals surface area contributed by atoms with Crippen LogP contribution in [0, 0.1) is 0 Å². The van der Waals surface area contributed by atoms with Crippen molar-refractivity contribution in [2.24, 2.45) is 0 Å². The number of hydrogen-bond donors (Lipinski definition) is 3. The van der Waals surface area contributed by atoms with Crippen LogP contribution in [0.25, 0.3) is 0 Å². The van der Waals surface area contributed by atoms with Crippen LogP contribution in [0.2, 0.25) is 0 Å². The van der Waals surface area contributed by atoms with E-state index < -0.39 is 12.0 Å². The first kappa shape index (κ1) is 17.3. The van der Waals surface area contributed by atoms with Crippen LogP contribution in [0.3, 0.4) is 0 Å². The molecule has 0 fully saturated rings. The third kappa shape index (κ3) is 5.24. The molecule has 6 nitrogen and oxygen atoms in total. The van der Waals surface area contributed by atoms with Gasteiger partial charge in [0.2, 0.25) is 0 Å². The minimum absolute atomic E-state index is 0.0206. The van der Waals surface area contributed by atoms with Gasteiger partial charge in [0.05, 0.1) is 13.2 Å². The number of carboxylic acid groups (broad SMARTS) is 1. The number of hydrogen-bond acceptors (Lipinski definition) is 5. The summed E-state index contributed by atoms with van der Waals surface area (Å²) in [4.78, 5) is 11.4. The van der Waals surface area contributed by atoms with Crippen LogP contribution in [0.1, 0.15) is 31.9 Å². The van der Waals surface area contributed by atoms with Crippen molar-refractivity contribution in [2.75, 3.05) is 26.4 Å². The summed E-state index contributed by atoms with van der Waals surface area (Å²) in [7, 11) is 0. The molecule has 118 valence electrons. The zero-order valence-corrected chi connectivity index (χ0v) is 12.5. The highest BCUT2D eigenvalue weighted by molar-refractivity contribution is 5.76. The number of aliphatic hydroxyl groups is 1. The predicted octanol–water partition coefficient (Wildman–Crippen LogP) is 1.58. The Labute approximate surface area is 124 Å². The van der Waals surface area contributed by atoms with E-state index in [0.29, 0.717) is 43.2 Å². The van der Waals surface area contributed by atoms with Crippen molar-refractivity contribution < 1.29 is 24.5 Å². The van der Waals surface area contributed by atoms with Crippen LogP contribution < -0.4 is 14.8 Å². The summed E-state index contributed by atoms with van der Waals surface area (Å²) >= 11 is 0. The maximum atomic E-state index is 11.4. The topological polar surface area (TPSA) is 88.0 Å². The van der Waals surface area contributed by atoms with Crippen LogP contribution in [0.4, 0.5) is 0 Å². The summed E-state index contributed by atoms with van der Waals surface area (Å²) in [6.45, 7) is 5.16. The second-order valence-electron chi connectivity index (χ2n) is 4.37. The van der Waals surface area contributed by atoms with Gasteiger partial charge in [-0.15, -0.1) is 0 Å². The molecule has 0 radical (unpaired) electrons. The molecular formula is C15H23NO5. The van der Waals surface area contributed by atoms with Gasteiger partial charge in [-0.3, -0.25) is 4.79 Å². The number of benzene rings is 1. The van der Waals surface area contributed by atoms with Gasteiger partial charge in [0.25, 0.3) is 0 Å². The minimum Gasteiger partial charge on any atom is -0.490 e. The maximum Gasteiger partial charge on any atom is 0.325 e. The first-order valence-corrected chi connectivity index (χ1v) is 7.10. The Morgan fingerprint density at radius 2 is 1.90 bits per heavy atom. The lowest BCUT2D eigenvalue weighted by atomic mass is 10.1. The molecule has 0 aromatic heterocycles. The molecule has 6 heteroatoms. The molecule has 1 unspecified atom stereocenters. The minimum atomic E-state index is -0.973. The highest BCUT2D eigenvalue weighted by Gasteiger charge is 2.20. The van der Waals surface area contributed by atoms with Gasteiger partial charge in [-0.05, 0) is 44.5 Å². The van der Waals surface area contributed by atoms with Crippen molar-refractivity contribution in [1.29, 1.82) is 0 Å². The third-order valence-corrected chi connectivity index (χ3v) is 2.83. The van der Waals surface area contributed by atoms with Gasteiger partial charge >= 0.3 is 5.97 Å². The van der Waals surface area contributed by atoms with Crippen LogP contribution in [-0.4, -0.2) is 42.5 Å². The highest BCUT2D eigenvalue weighted by Crippen LogP contribution is 2.30. The summed E-state index contributed by atoms with van der Waals surface area (Å²) in [6, 6.07) is 4.26. The van der Waals surface area contributed by atoms with E-state index in [1.54, 1.807) is 18.2 Å². The number of aliphatic hydroxyl groups excluding tert-OH is 1. The van der Waals surface area contributed by atoms with Crippen molar-refractivity contribution in [2.45, 2.75) is 26.3 Å². The molecule has 0 saturated heterocycles. The molecule has 0 saturated carbocycles. The molecule has 0 aliphatic rings. The van der Waals surface area contributed by atoms with Crippen molar-refractivity contribution in [3.63, 3.8) is 0 Å². The van der Waals surface area contributed by atoms with E-state index in [-0.39, 0.29) is 6.61 Å². The Balaban J connectivity index is 2.96. The Morgan fingerprint density at radius 3 is 2.48 bits per heavy atom. The summed E-state index contributed by atoms with van der Waals surface area (Å²) < 4.78 is 11.0. The van der Waals surface area contributed by atoms with Crippen LogP contribution in [0.5, 0.6) is 11.5 Å². The first-order chi connectivity index (χ1) is 10.1. The SMILES string of the molecule is CCOc1ccc(C(NCCCO)C(=O)O)cc1OCC. The summed E-state index contributed by atoms with van der Waals surface area (Å²) in [5.74, 6) is 0.161. The lowest BCUT2D eigenvalue weighted by Gasteiger charge is -2.17. The largest absolute Gasteiger partial charge is 0.490 e. The maximum absolute atomic E-state index is 11.4. The fraction of sp³-hybridized carbons (Fsp3) is 0.533. The number of rotatable bonds is 10. The van der Waals surface area contributed by atoms with Gasteiger partial charge in [-0.1, -0.05) is 6.07 Å². The monoisotopic (exact) mass is 297 g/mol. The average Bonchev–Trinajstić information content (AvgIpc) is 2.46. The molecular weight excluding hydrogens is 274 g/mol. The molecule has 0 aliphatic heterocycles. The van der Waals surface area contributed by atoms with Crippen molar-refractivity contribution in [1.82, 2.24) is 5.32 Å². The number of aliphatic carboxylic acids is 1. The van der Waals surface area contributed by atoms with E-state index in [1.807, 2.05) is 13.8 Å². The molecule has 0 heterocycles.